The van der Waals surface area contributed by atoms with Crippen molar-refractivity contribution in [2.45, 2.75) is 66.9 Å². The lowest BCUT2D eigenvalue weighted by Crippen LogP contribution is -2.09. The Morgan fingerprint density at radius 1 is 0.727 bits per heavy atom. The maximum Gasteiger partial charge on any atom is 0.341 e. The molecule has 5 heteroatoms. The Labute approximate surface area is 263 Å². The molecule has 0 radical (unpaired) electrons. The van der Waals surface area contributed by atoms with Gasteiger partial charge < -0.3 is 19.9 Å². The number of unbranched alkanes of at least 4 members (excludes halogenated alkanes) is 2. The average molecular weight is 596 g/mol. The van der Waals surface area contributed by atoms with Crippen LogP contribution in [0.5, 0.6) is 0 Å². The fourth-order valence-electron chi connectivity index (χ4n) is 4.29. The van der Waals surface area contributed by atoms with Crippen molar-refractivity contribution in [3.63, 3.8) is 0 Å². The Hall–Kier alpha value is -4.19. The van der Waals surface area contributed by atoms with Gasteiger partial charge in [0, 0.05) is 17.5 Å². The van der Waals surface area contributed by atoms with Gasteiger partial charge in [0.25, 0.3) is 0 Å². The molecule has 0 aliphatic carbocycles. The molecule has 1 aromatic heterocycles. The van der Waals surface area contributed by atoms with Crippen LogP contribution in [0, 0.1) is 0 Å². The quantitative estimate of drug-likeness (QED) is 0.0967. The van der Waals surface area contributed by atoms with Crippen LogP contribution in [0.25, 0.3) is 10.9 Å². The number of carbonyl (C=O) groups excluding carboxylic acids is 1. The predicted octanol–water partition coefficient (Wildman–Crippen LogP) is 9.33. The van der Waals surface area contributed by atoms with E-state index in [1.165, 1.54) is 11.1 Å². The first-order valence-electron chi connectivity index (χ1n) is 15.3. The van der Waals surface area contributed by atoms with Gasteiger partial charge in [0.1, 0.15) is 6.61 Å². The van der Waals surface area contributed by atoms with E-state index in [-0.39, 0.29) is 19.8 Å². The fraction of sp³-hybridized carbons (Fsp3) is 0.308. The van der Waals surface area contributed by atoms with E-state index in [0.717, 1.165) is 53.3 Å². The number of nitrogens with one attached hydrogen (secondary N) is 1. The largest absolute Gasteiger partial charge is 0.458 e. The minimum Gasteiger partial charge on any atom is -0.458 e. The Morgan fingerprint density at radius 3 is 1.93 bits per heavy atom. The highest BCUT2D eigenvalue weighted by atomic mass is 16.5. The summed E-state index contributed by atoms with van der Waals surface area (Å²) in [5.74, 6) is -0.453. The van der Waals surface area contributed by atoms with Crippen molar-refractivity contribution in [1.82, 2.24) is 4.98 Å². The van der Waals surface area contributed by atoms with Gasteiger partial charge in [-0.2, -0.15) is 0 Å². The molecule has 0 aliphatic heterocycles. The number of ether oxygens (including phenoxy) is 1. The molecule has 0 bridgehead atoms. The molecular weight excluding hydrogens is 546 g/mol. The number of aromatic amines is 1. The van der Waals surface area contributed by atoms with Crippen LogP contribution in [0.2, 0.25) is 0 Å². The highest BCUT2D eigenvalue weighted by Gasteiger charge is 2.19. The number of fused-ring (bicyclic) bond motifs is 1. The van der Waals surface area contributed by atoms with Crippen molar-refractivity contribution in [1.29, 1.82) is 0 Å². The van der Waals surface area contributed by atoms with Crippen LogP contribution in [-0.2, 0) is 11.3 Å². The van der Waals surface area contributed by atoms with E-state index >= 15 is 0 Å². The van der Waals surface area contributed by atoms with Crippen LogP contribution in [0.3, 0.4) is 0 Å². The molecule has 3 N–H and O–H groups in total. The normalized spacial score (nSPS) is 14.4. The van der Waals surface area contributed by atoms with E-state index in [1.54, 1.807) is 0 Å². The number of para-hydroxylation sites is 1. The fourth-order valence-corrected chi connectivity index (χ4v) is 4.29. The Kier molecular flexibility index (Phi) is 16.9. The van der Waals surface area contributed by atoms with E-state index < -0.39 is 5.97 Å². The number of H-pyrrole nitrogens is 1. The van der Waals surface area contributed by atoms with Gasteiger partial charge in [-0.3, -0.25) is 0 Å². The maximum absolute atomic E-state index is 12.7. The minimum absolute atomic E-state index is 0.169. The van der Waals surface area contributed by atoms with Crippen molar-refractivity contribution in [3.8, 4) is 0 Å². The monoisotopic (exact) mass is 595 g/mol. The summed E-state index contributed by atoms with van der Waals surface area (Å²) in [6, 6.07) is 7.44. The van der Waals surface area contributed by atoms with Crippen molar-refractivity contribution < 1.29 is 19.7 Å². The minimum atomic E-state index is -0.453. The zero-order valence-electron chi connectivity index (χ0n) is 27.0. The van der Waals surface area contributed by atoms with Gasteiger partial charge in [0.15, 0.2) is 0 Å². The van der Waals surface area contributed by atoms with Crippen molar-refractivity contribution in [3.05, 3.63) is 142 Å². The molecule has 0 saturated carbocycles. The number of rotatable bonds is 17. The molecule has 1 heterocycles. The summed E-state index contributed by atoms with van der Waals surface area (Å²) in [6.45, 7) is 10.4. The second-order valence-corrected chi connectivity index (χ2v) is 11.0. The standard InChI is InChI=1S/C39H49NO4/c1-30(16-7-6-12-27-41)17-8-9-18-31(2)19-13-20-32(3)21-14-22-33(4)23-15-24-34(5)29-44-39(43)38-35-25-10-11-26-36(35)40-37(38)28-42/h8-11,13-15,17-26,40-42H,6-7,12,16,27-29H2,1-5H3/b9-8+,19-13+,21-14+,23-15+,30-17+,31-18+,32-20+,33-22+,34-24+. The molecule has 0 fully saturated rings. The first-order valence-corrected chi connectivity index (χ1v) is 15.3. The number of hydrogen-bond donors (Lipinski definition) is 3. The zero-order valence-corrected chi connectivity index (χ0v) is 27.0. The number of hydrogen-bond acceptors (Lipinski definition) is 4. The number of carbonyl (C=O) groups is 1. The second kappa shape index (κ2) is 20.7. The van der Waals surface area contributed by atoms with Crippen LogP contribution >= 0.6 is 0 Å². The van der Waals surface area contributed by atoms with Gasteiger partial charge in [-0.15, -0.1) is 0 Å². The van der Waals surface area contributed by atoms with Crippen LogP contribution in [0.4, 0.5) is 0 Å². The molecule has 0 spiro atoms. The van der Waals surface area contributed by atoms with E-state index in [2.05, 4.69) is 74.4 Å². The number of allylic oxidation sites excluding steroid dienone is 17. The van der Waals surface area contributed by atoms with Gasteiger partial charge in [0.2, 0.25) is 0 Å². The number of aliphatic hydroxyl groups is 2. The SMILES string of the molecule is CC(/C=C/C=C(C)/C=C/C=C(C)/C=C/C=C(\C)COC(=O)c1c(CO)[nH]c2ccccc12)=C\C=C\C=C(/C)CCCCCO. The molecule has 2 rings (SSSR count). The molecule has 0 atom stereocenters. The van der Waals surface area contributed by atoms with E-state index in [1.807, 2.05) is 68.5 Å². The summed E-state index contributed by atoms with van der Waals surface area (Å²) in [4.78, 5) is 15.8. The van der Waals surface area contributed by atoms with Gasteiger partial charge in [0.05, 0.1) is 17.9 Å². The molecule has 0 saturated heterocycles. The van der Waals surface area contributed by atoms with Gasteiger partial charge in [-0.25, -0.2) is 4.79 Å². The molecule has 0 amide bonds. The second-order valence-electron chi connectivity index (χ2n) is 11.0. The Bertz CT molecular complexity index is 1490. The van der Waals surface area contributed by atoms with E-state index in [4.69, 9.17) is 9.84 Å². The van der Waals surface area contributed by atoms with Crippen LogP contribution in [-0.4, -0.2) is 34.4 Å². The van der Waals surface area contributed by atoms with Crippen molar-refractivity contribution in [2.75, 3.05) is 13.2 Å². The molecule has 5 nitrogen and oxygen atoms in total. The molecule has 1 aromatic carbocycles. The first-order chi connectivity index (χ1) is 21.2. The lowest BCUT2D eigenvalue weighted by molar-refractivity contribution is 0.0539. The lowest BCUT2D eigenvalue weighted by Gasteiger charge is -2.05. The topological polar surface area (TPSA) is 82.5 Å². The van der Waals surface area contributed by atoms with Gasteiger partial charge >= 0.3 is 5.97 Å². The molecular formula is C39H49NO4. The van der Waals surface area contributed by atoms with Crippen molar-refractivity contribution >= 4 is 16.9 Å². The van der Waals surface area contributed by atoms with Gasteiger partial charge in [-0.05, 0) is 65.5 Å². The predicted molar refractivity (Wildman–Crippen MR) is 185 cm³/mol. The average Bonchev–Trinajstić information content (AvgIpc) is 3.39. The van der Waals surface area contributed by atoms with Crippen LogP contribution in [0.1, 0.15) is 76.4 Å². The number of aliphatic hydroxyl groups excluding tert-OH is 2. The Morgan fingerprint density at radius 2 is 1.30 bits per heavy atom. The molecule has 234 valence electrons. The number of benzene rings is 1. The van der Waals surface area contributed by atoms with E-state index in [9.17, 15) is 9.90 Å². The third kappa shape index (κ3) is 13.9. The molecule has 2 aromatic rings. The third-order valence-electron chi connectivity index (χ3n) is 6.83. The van der Waals surface area contributed by atoms with Crippen LogP contribution in [0.15, 0.2) is 131 Å². The molecule has 0 unspecified atom stereocenters. The molecule has 0 aliphatic rings. The Balaban J connectivity index is 1.80. The summed E-state index contributed by atoms with van der Waals surface area (Å²) in [7, 11) is 0. The van der Waals surface area contributed by atoms with Gasteiger partial charge in [-0.1, -0.05) is 126 Å². The maximum atomic E-state index is 12.7. The molecule has 44 heavy (non-hydrogen) atoms. The smallest absolute Gasteiger partial charge is 0.341 e. The summed E-state index contributed by atoms with van der Waals surface area (Å²) < 4.78 is 5.52. The summed E-state index contributed by atoms with van der Waals surface area (Å²) >= 11 is 0. The van der Waals surface area contributed by atoms with E-state index in [0.29, 0.717) is 11.3 Å². The number of esters is 1. The highest BCUT2D eigenvalue weighted by Crippen LogP contribution is 2.23. The highest BCUT2D eigenvalue weighted by molar-refractivity contribution is 6.05. The number of aromatic nitrogens is 1. The van der Waals surface area contributed by atoms with Crippen LogP contribution < -0.4 is 0 Å². The summed E-state index contributed by atoms with van der Waals surface area (Å²) in [5.41, 5.74) is 7.33. The lowest BCUT2D eigenvalue weighted by atomic mass is 10.1. The first kappa shape index (κ1) is 36.0. The third-order valence-corrected chi connectivity index (χ3v) is 6.83. The summed E-state index contributed by atoms with van der Waals surface area (Å²) in [6.07, 6.45) is 30.8. The summed E-state index contributed by atoms with van der Waals surface area (Å²) in [5, 5.41) is 19.2. The zero-order chi connectivity index (χ0) is 32.2. The van der Waals surface area contributed by atoms with Crippen molar-refractivity contribution in [2.24, 2.45) is 0 Å².